The summed E-state index contributed by atoms with van der Waals surface area (Å²) in [6, 6.07) is 14.4. The molecule has 0 aliphatic carbocycles. The van der Waals surface area contributed by atoms with Crippen LogP contribution in [0.25, 0.3) is 0 Å². The highest BCUT2D eigenvalue weighted by Gasteiger charge is 2.24. The second-order valence-corrected chi connectivity index (χ2v) is 7.05. The fourth-order valence-electron chi connectivity index (χ4n) is 2.61. The van der Waals surface area contributed by atoms with Gasteiger partial charge in [-0.15, -0.1) is 0 Å². The Bertz CT molecular complexity index is 976. The van der Waals surface area contributed by atoms with Crippen molar-refractivity contribution in [1.82, 2.24) is 8.75 Å². The molecule has 2 aromatic carbocycles. The molecule has 1 heterocycles. The van der Waals surface area contributed by atoms with Gasteiger partial charge in [0.15, 0.2) is 5.82 Å². The normalized spacial score (nSPS) is 11.8. The number of aromatic nitrogens is 2. The Kier molecular flexibility index (Phi) is 5.94. The molecule has 7 nitrogen and oxygen atoms in total. The third kappa shape index (κ3) is 4.21. The van der Waals surface area contributed by atoms with Gasteiger partial charge in [0.1, 0.15) is 5.69 Å². The molecule has 0 fully saturated rings. The molecule has 0 bridgehead atoms. The summed E-state index contributed by atoms with van der Waals surface area (Å²) in [4.78, 5) is 12.1. The molecule has 1 unspecified atom stereocenters. The number of hydrogen-bond donors (Lipinski definition) is 0. The summed E-state index contributed by atoms with van der Waals surface area (Å²) < 4.78 is 38.4. The number of carbonyl (C=O) groups is 1. The van der Waals surface area contributed by atoms with E-state index in [9.17, 15) is 13.6 Å². The Morgan fingerprint density at radius 3 is 2.63 bits per heavy atom. The molecule has 0 spiro atoms. The lowest BCUT2D eigenvalue weighted by Gasteiger charge is -2.26. The molecule has 0 radical (unpaired) electrons. The Labute approximate surface area is 163 Å². The van der Waals surface area contributed by atoms with Crippen LogP contribution in [0.3, 0.4) is 0 Å². The van der Waals surface area contributed by atoms with Crippen LogP contribution >= 0.6 is 11.7 Å². The van der Waals surface area contributed by atoms with Crippen molar-refractivity contribution < 1.29 is 18.3 Å². The fourth-order valence-corrected chi connectivity index (χ4v) is 3.81. The highest BCUT2D eigenvalue weighted by atomic mass is 32.2. The summed E-state index contributed by atoms with van der Waals surface area (Å²) in [6.07, 6.45) is 0.416. The summed E-state index contributed by atoms with van der Waals surface area (Å²) in [7, 11) is 1.25. The minimum Gasteiger partial charge on any atom is -0.755 e. The molecule has 9 heteroatoms. The predicted molar refractivity (Wildman–Crippen MR) is 103 cm³/mol. The molecular weight excluding hydrogens is 386 g/mol. The van der Waals surface area contributed by atoms with Crippen LogP contribution in [0.5, 0.6) is 0 Å². The van der Waals surface area contributed by atoms with E-state index in [1.807, 2.05) is 30.3 Å². The van der Waals surface area contributed by atoms with E-state index in [2.05, 4.69) is 8.75 Å². The van der Waals surface area contributed by atoms with Gasteiger partial charge in [0.25, 0.3) is 0 Å². The van der Waals surface area contributed by atoms with Crippen LogP contribution in [0.2, 0.25) is 0 Å². The number of ether oxygens (including phenoxy) is 1. The third-order valence-corrected chi connectivity index (χ3v) is 5.09. The summed E-state index contributed by atoms with van der Waals surface area (Å²) in [5.74, 6) is -0.457. The minimum atomic E-state index is -2.71. The number of methoxy groups -OCH3 is 1. The van der Waals surface area contributed by atoms with Crippen molar-refractivity contribution >= 4 is 40.5 Å². The molecule has 0 N–H and O–H groups in total. The van der Waals surface area contributed by atoms with Crippen molar-refractivity contribution in [2.24, 2.45) is 0 Å². The van der Waals surface area contributed by atoms with Crippen molar-refractivity contribution in [2.75, 3.05) is 11.4 Å². The first kappa shape index (κ1) is 19.2. The molecule has 1 aromatic heterocycles. The smallest absolute Gasteiger partial charge is 0.340 e. The number of hydrogen-bond acceptors (Lipinski definition) is 7. The van der Waals surface area contributed by atoms with Gasteiger partial charge in [0, 0.05) is 6.42 Å². The van der Waals surface area contributed by atoms with Gasteiger partial charge in [-0.3, -0.25) is 8.51 Å². The first-order valence-corrected chi connectivity index (χ1v) is 9.71. The summed E-state index contributed by atoms with van der Waals surface area (Å²) >= 11 is -1.79. The van der Waals surface area contributed by atoms with Gasteiger partial charge in [-0.05, 0) is 30.2 Å². The zero-order valence-electron chi connectivity index (χ0n) is 14.6. The van der Waals surface area contributed by atoms with Gasteiger partial charge in [-0.25, -0.2) is 4.79 Å². The van der Waals surface area contributed by atoms with Gasteiger partial charge in [0.2, 0.25) is 0 Å². The first-order chi connectivity index (χ1) is 13.0. The van der Waals surface area contributed by atoms with Crippen molar-refractivity contribution in [3.05, 3.63) is 70.9 Å². The Balaban J connectivity index is 2.09. The van der Waals surface area contributed by atoms with E-state index in [0.717, 1.165) is 27.2 Å². The monoisotopic (exact) mass is 402 g/mol. The SMILES string of the molecule is COC(=O)c1ccc(C)cc1N(c1nsnc1Cc1ccccc1)S(=O)[O-]. The third-order valence-electron chi connectivity index (χ3n) is 3.87. The lowest BCUT2D eigenvalue weighted by molar-refractivity contribution is 0.0602. The molecule has 0 aliphatic heterocycles. The van der Waals surface area contributed by atoms with Crippen LogP contribution in [0, 0.1) is 6.92 Å². The lowest BCUT2D eigenvalue weighted by atomic mass is 10.1. The molecule has 0 amide bonds. The minimum absolute atomic E-state index is 0.131. The maximum absolute atomic E-state index is 12.1. The topological polar surface area (TPSA) is 95.5 Å². The molecule has 0 saturated heterocycles. The van der Waals surface area contributed by atoms with Crippen molar-refractivity contribution in [2.45, 2.75) is 13.3 Å². The zero-order chi connectivity index (χ0) is 19.4. The molecule has 3 rings (SSSR count). The highest BCUT2D eigenvalue weighted by Crippen LogP contribution is 2.33. The lowest BCUT2D eigenvalue weighted by Crippen LogP contribution is -2.24. The molecular formula is C18H16N3O4S2-. The van der Waals surface area contributed by atoms with Gasteiger partial charge in [-0.1, -0.05) is 36.4 Å². The van der Waals surface area contributed by atoms with E-state index >= 15 is 0 Å². The number of anilines is 2. The van der Waals surface area contributed by atoms with Crippen LogP contribution in [-0.4, -0.2) is 30.6 Å². The van der Waals surface area contributed by atoms with Crippen LogP contribution < -0.4 is 4.31 Å². The summed E-state index contributed by atoms with van der Waals surface area (Å²) in [6.45, 7) is 1.81. The Morgan fingerprint density at radius 2 is 1.96 bits per heavy atom. The number of rotatable bonds is 6. The van der Waals surface area contributed by atoms with E-state index in [-0.39, 0.29) is 17.1 Å². The van der Waals surface area contributed by atoms with Gasteiger partial charge in [0.05, 0.1) is 41.4 Å². The van der Waals surface area contributed by atoms with Gasteiger partial charge < -0.3 is 9.29 Å². The average Bonchev–Trinajstić information content (AvgIpc) is 3.09. The Morgan fingerprint density at radius 1 is 1.22 bits per heavy atom. The van der Waals surface area contributed by atoms with E-state index in [1.54, 1.807) is 19.1 Å². The zero-order valence-corrected chi connectivity index (χ0v) is 16.3. The molecule has 27 heavy (non-hydrogen) atoms. The largest absolute Gasteiger partial charge is 0.755 e. The van der Waals surface area contributed by atoms with Crippen molar-refractivity contribution in [1.29, 1.82) is 0 Å². The van der Waals surface area contributed by atoms with Crippen LogP contribution in [0.4, 0.5) is 11.5 Å². The quantitative estimate of drug-likeness (QED) is 0.464. The number of benzene rings is 2. The number of aryl methyl sites for hydroxylation is 1. The molecule has 1 atom stereocenters. The van der Waals surface area contributed by atoms with E-state index in [1.165, 1.54) is 13.2 Å². The summed E-state index contributed by atoms with van der Waals surface area (Å²) in [5, 5.41) is 0. The maximum Gasteiger partial charge on any atom is 0.340 e. The predicted octanol–water partition coefficient (Wildman–Crippen LogP) is 3.16. The van der Waals surface area contributed by atoms with Gasteiger partial charge >= 0.3 is 5.97 Å². The van der Waals surface area contributed by atoms with E-state index in [0.29, 0.717) is 12.1 Å². The standard InChI is InChI=1S/C18H17N3O4S2/c1-12-8-9-14(18(22)25-2)16(10-12)21(27(23)24)17-15(19-26-20-17)11-13-6-4-3-5-7-13/h3-10H,11H2,1-2H3,(H,23,24)/p-1. The summed E-state index contributed by atoms with van der Waals surface area (Å²) in [5.41, 5.74) is 2.58. The molecule has 0 saturated carbocycles. The van der Waals surface area contributed by atoms with Gasteiger partial charge in [-0.2, -0.15) is 8.75 Å². The highest BCUT2D eigenvalue weighted by molar-refractivity contribution is 7.81. The van der Waals surface area contributed by atoms with E-state index in [4.69, 9.17) is 4.74 Å². The molecule has 3 aromatic rings. The van der Waals surface area contributed by atoms with E-state index < -0.39 is 17.2 Å². The Hall–Kier alpha value is -2.62. The molecule has 0 aliphatic rings. The maximum atomic E-state index is 12.1. The fraction of sp³-hybridized carbons (Fsp3) is 0.167. The van der Waals surface area contributed by atoms with Crippen molar-refractivity contribution in [3.63, 3.8) is 0 Å². The number of esters is 1. The van der Waals surface area contributed by atoms with Crippen LogP contribution in [-0.2, 0) is 22.4 Å². The average molecular weight is 402 g/mol. The second kappa shape index (κ2) is 8.38. The molecule has 140 valence electrons. The van der Waals surface area contributed by atoms with Crippen molar-refractivity contribution in [3.8, 4) is 0 Å². The number of carbonyl (C=O) groups excluding carboxylic acids is 1. The van der Waals surface area contributed by atoms with Crippen LogP contribution in [0.1, 0.15) is 27.2 Å². The first-order valence-electron chi connectivity index (χ1n) is 7.95. The van der Waals surface area contributed by atoms with Crippen LogP contribution in [0.15, 0.2) is 48.5 Å². The second-order valence-electron chi connectivity index (χ2n) is 5.72. The number of nitrogens with zero attached hydrogens (tertiary/aromatic N) is 3.